The van der Waals surface area contributed by atoms with E-state index < -0.39 is 15.8 Å². The molecule has 0 heterocycles. The Balaban J connectivity index is 1.43. The Morgan fingerprint density at radius 1 is 0.357 bits per heavy atom. The summed E-state index contributed by atoms with van der Waals surface area (Å²) in [6, 6.07) is 58.3. The van der Waals surface area contributed by atoms with Crippen LogP contribution in [0.3, 0.4) is 0 Å². The molecule has 0 aliphatic rings. The van der Waals surface area contributed by atoms with Gasteiger partial charge in [-0.1, -0.05) is 158 Å². The summed E-state index contributed by atoms with van der Waals surface area (Å²) >= 11 is 0. The summed E-state index contributed by atoms with van der Waals surface area (Å²) in [5.41, 5.74) is 8.31. The van der Waals surface area contributed by atoms with Crippen LogP contribution < -0.4 is 21.2 Å². The van der Waals surface area contributed by atoms with E-state index in [1.807, 2.05) is 0 Å². The van der Waals surface area contributed by atoms with Gasteiger partial charge in [0, 0.05) is 12.3 Å². The molecule has 0 atom stereocenters. The smallest absolute Gasteiger partial charge is 0.00138 e. The van der Waals surface area contributed by atoms with E-state index in [2.05, 4.69) is 172 Å². The third-order valence-electron chi connectivity index (χ3n) is 7.93. The first kappa shape index (κ1) is 28.3. The molecular formula is C40H36P2. The summed E-state index contributed by atoms with van der Waals surface area (Å²) in [5, 5.41) is 5.79. The van der Waals surface area contributed by atoms with Crippen LogP contribution in [0.1, 0.15) is 22.3 Å². The van der Waals surface area contributed by atoms with Gasteiger partial charge >= 0.3 is 0 Å². The highest BCUT2D eigenvalue weighted by molar-refractivity contribution is 7.72. The molecule has 0 unspecified atom stereocenters. The molecule has 42 heavy (non-hydrogen) atoms. The van der Waals surface area contributed by atoms with Crippen molar-refractivity contribution in [2.75, 3.05) is 0 Å². The normalized spacial score (nSPS) is 11.2. The first-order chi connectivity index (χ1) is 20.7. The molecule has 0 spiro atoms. The van der Waals surface area contributed by atoms with Crippen molar-refractivity contribution in [2.45, 2.75) is 26.2 Å². The second kappa shape index (κ2) is 13.4. The second-order valence-electron chi connectivity index (χ2n) is 10.7. The van der Waals surface area contributed by atoms with Crippen LogP contribution in [0, 0.1) is 13.8 Å². The maximum atomic E-state index is 2.36. The average molecular weight is 579 g/mol. The molecule has 0 aliphatic carbocycles. The summed E-state index contributed by atoms with van der Waals surface area (Å²) in [6.07, 6.45) is 2.03. The van der Waals surface area contributed by atoms with Crippen molar-refractivity contribution in [1.82, 2.24) is 0 Å². The highest BCUT2D eigenvalue weighted by atomic mass is 31.1. The van der Waals surface area contributed by atoms with Crippen LogP contribution in [0.5, 0.6) is 0 Å². The van der Waals surface area contributed by atoms with E-state index in [1.165, 1.54) is 54.6 Å². The quantitative estimate of drug-likeness (QED) is 0.150. The third-order valence-corrected chi connectivity index (χ3v) is 13.3. The topological polar surface area (TPSA) is 0 Å². The fourth-order valence-electron chi connectivity index (χ4n) is 5.76. The summed E-state index contributed by atoms with van der Waals surface area (Å²) in [6.45, 7) is 4.53. The zero-order chi connectivity index (χ0) is 28.7. The largest absolute Gasteiger partial charge is 0.0622 e. The van der Waals surface area contributed by atoms with Gasteiger partial charge in [0.25, 0.3) is 0 Å². The van der Waals surface area contributed by atoms with Crippen molar-refractivity contribution in [3.63, 3.8) is 0 Å². The lowest BCUT2D eigenvalue weighted by Crippen LogP contribution is -2.18. The monoisotopic (exact) mass is 578 g/mol. The van der Waals surface area contributed by atoms with E-state index in [-0.39, 0.29) is 0 Å². The summed E-state index contributed by atoms with van der Waals surface area (Å²) < 4.78 is 0. The second-order valence-corrected chi connectivity index (χ2v) is 15.1. The summed E-state index contributed by atoms with van der Waals surface area (Å²) in [5.74, 6) is 0. The van der Waals surface area contributed by atoms with Gasteiger partial charge in [-0.3, -0.25) is 0 Å². The van der Waals surface area contributed by atoms with E-state index in [0.29, 0.717) is 0 Å². The molecule has 0 saturated carbocycles. The molecule has 0 nitrogen and oxygen atoms in total. The van der Waals surface area contributed by atoms with Gasteiger partial charge < -0.3 is 0 Å². The number of rotatable bonds is 9. The van der Waals surface area contributed by atoms with Gasteiger partial charge in [0.15, 0.2) is 0 Å². The molecule has 0 saturated heterocycles. The maximum Gasteiger partial charge on any atom is 0.00138 e. The van der Waals surface area contributed by atoms with Crippen molar-refractivity contribution < 1.29 is 0 Å². The van der Waals surface area contributed by atoms with Crippen molar-refractivity contribution in [1.29, 1.82) is 0 Å². The SMILES string of the molecule is Cc1ccccc1P(Cc1ccccc1-c1ccccc1CP(c1ccccc1)c1ccccc1)c1ccccc1C. The van der Waals surface area contributed by atoms with Gasteiger partial charge in [0.1, 0.15) is 0 Å². The molecule has 0 fully saturated rings. The Bertz CT molecular complexity index is 1670. The maximum absolute atomic E-state index is 2.36. The van der Waals surface area contributed by atoms with Crippen LogP contribution in [-0.2, 0) is 12.3 Å². The van der Waals surface area contributed by atoms with E-state index >= 15 is 0 Å². The summed E-state index contributed by atoms with van der Waals surface area (Å²) in [7, 11) is -1.11. The number of aryl methyl sites for hydroxylation is 2. The molecule has 6 rings (SSSR count). The lowest BCUT2D eigenvalue weighted by atomic mass is 9.97. The van der Waals surface area contributed by atoms with E-state index in [9.17, 15) is 0 Å². The van der Waals surface area contributed by atoms with Gasteiger partial charge in [0.05, 0.1) is 0 Å². The number of benzene rings is 6. The first-order valence-corrected chi connectivity index (χ1v) is 17.7. The van der Waals surface area contributed by atoms with Gasteiger partial charge in [-0.05, 0) is 84.3 Å². The van der Waals surface area contributed by atoms with E-state index in [0.717, 1.165) is 12.3 Å². The number of hydrogen-bond donors (Lipinski definition) is 0. The van der Waals surface area contributed by atoms with Gasteiger partial charge in [-0.2, -0.15) is 0 Å². The van der Waals surface area contributed by atoms with E-state index in [4.69, 9.17) is 0 Å². The molecular weight excluding hydrogens is 542 g/mol. The van der Waals surface area contributed by atoms with Crippen molar-refractivity contribution in [3.8, 4) is 11.1 Å². The van der Waals surface area contributed by atoms with Crippen LogP contribution in [0.2, 0.25) is 0 Å². The average Bonchev–Trinajstić information content (AvgIpc) is 3.04. The zero-order valence-corrected chi connectivity index (χ0v) is 26.1. The predicted molar refractivity (Wildman–Crippen MR) is 187 cm³/mol. The highest BCUT2D eigenvalue weighted by Gasteiger charge is 2.22. The number of hydrogen-bond acceptors (Lipinski definition) is 0. The minimum absolute atomic E-state index is 0.537. The Kier molecular flexibility index (Phi) is 9.06. The van der Waals surface area contributed by atoms with Crippen molar-refractivity contribution >= 4 is 37.1 Å². The van der Waals surface area contributed by atoms with Crippen LogP contribution in [0.4, 0.5) is 0 Å². The van der Waals surface area contributed by atoms with Crippen LogP contribution >= 0.6 is 15.8 Å². The van der Waals surface area contributed by atoms with Crippen molar-refractivity contribution in [3.05, 3.63) is 180 Å². The van der Waals surface area contributed by atoms with Gasteiger partial charge in [-0.15, -0.1) is 0 Å². The molecule has 0 bridgehead atoms. The van der Waals surface area contributed by atoms with Gasteiger partial charge in [-0.25, -0.2) is 0 Å². The zero-order valence-electron chi connectivity index (χ0n) is 24.3. The minimum atomic E-state index is -0.570. The fourth-order valence-corrected chi connectivity index (χ4v) is 10.9. The van der Waals surface area contributed by atoms with Crippen molar-refractivity contribution in [2.24, 2.45) is 0 Å². The molecule has 0 radical (unpaired) electrons. The van der Waals surface area contributed by atoms with Crippen LogP contribution in [0.25, 0.3) is 11.1 Å². The Morgan fingerprint density at radius 2 is 0.714 bits per heavy atom. The molecule has 6 aromatic carbocycles. The molecule has 0 aliphatic heterocycles. The predicted octanol–water partition coefficient (Wildman–Crippen LogP) is 9.24. The standard InChI is InChI=1S/C40H36P2/c1-31-17-9-15-27-39(31)42(40-28-16-10-18-32(40)2)30-34-20-12-14-26-38(34)37-25-13-11-19-33(37)29-41(35-21-5-3-6-22-35)36-23-7-4-8-24-36/h3-28H,29-30H2,1-2H3. The highest BCUT2D eigenvalue weighted by Crippen LogP contribution is 2.45. The molecule has 2 heteroatoms. The molecule has 206 valence electrons. The Hall–Kier alpha value is -3.82. The van der Waals surface area contributed by atoms with Gasteiger partial charge in [0.2, 0.25) is 0 Å². The third kappa shape index (κ3) is 6.32. The lowest BCUT2D eigenvalue weighted by Gasteiger charge is -2.25. The van der Waals surface area contributed by atoms with Crippen LogP contribution in [0.15, 0.2) is 158 Å². The fraction of sp³-hybridized carbons (Fsp3) is 0.100. The summed E-state index contributed by atoms with van der Waals surface area (Å²) in [4.78, 5) is 0. The molecule has 0 aromatic heterocycles. The molecule has 0 N–H and O–H groups in total. The Morgan fingerprint density at radius 3 is 1.17 bits per heavy atom. The first-order valence-electron chi connectivity index (χ1n) is 14.6. The van der Waals surface area contributed by atoms with E-state index in [1.54, 1.807) is 0 Å². The Labute approximate surface area is 253 Å². The lowest BCUT2D eigenvalue weighted by molar-refractivity contribution is 1.35. The minimum Gasteiger partial charge on any atom is -0.0622 e. The van der Waals surface area contributed by atoms with Crippen LogP contribution in [-0.4, -0.2) is 0 Å². The molecule has 0 amide bonds. The molecule has 6 aromatic rings.